The maximum absolute atomic E-state index is 13.6. The third-order valence-corrected chi connectivity index (χ3v) is 4.90. The number of rotatable bonds is 4. The Hall–Kier alpha value is -2.70. The Morgan fingerprint density at radius 3 is 2.80 bits per heavy atom. The molecule has 0 bridgehead atoms. The van der Waals surface area contributed by atoms with Crippen molar-refractivity contribution in [3.63, 3.8) is 0 Å². The molecule has 3 rings (SSSR count). The van der Waals surface area contributed by atoms with Crippen LogP contribution >= 0.6 is 0 Å². The molecule has 1 saturated heterocycles. The monoisotopic (exact) mass is 344 g/mol. The Bertz CT molecular complexity index is 817. The third-order valence-electron chi connectivity index (χ3n) is 4.90. The molecule has 132 valence electrons. The smallest absolute Gasteiger partial charge is 0.226 e. The van der Waals surface area contributed by atoms with Crippen LogP contribution in [0.2, 0.25) is 0 Å². The predicted molar refractivity (Wildman–Crippen MR) is 89.8 cm³/mol. The zero-order valence-electron chi connectivity index (χ0n) is 14.5. The first-order chi connectivity index (χ1) is 11.9. The fourth-order valence-corrected chi connectivity index (χ4v) is 3.28. The summed E-state index contributed by atoms with van der Waals surface area (Å²) in [6, 6.07) is 5.60. The van der Waals surface area contributed by atoms with Crippen LogP contribution in [0.3, 0.4) is 0 Å². The summed E-state index contributed by atoms with van der Waals surface area (Å²) >= 11 is 0. The SMILES string of the molecule is Cc1c(CNC(=O)[C@@H]2CC(=O)N(C)[C@H]2c2cccc(F)c2)cnn1C. The average Bonchev–Trinajstić information content (AvgIpc) is 3.06. The van der Waals surface area contributed by atoms with E-state index in [1.165, 1.54) is 17.0 Å². The summed E-state index contributed by atoms with van der Waals surface area (Å²) in [4.78, 5) is 26.3. The van der Waals surface area contributed by atoms with Crippen molar-refractivity contribution < 1.29 is 14.0 Å². The standard InChI is InChI=1S/C18H21FN4O2/c1-11-13(10-21-23(11)3)9-20-18(25)15-8-16(24)22(2)17(15)12-5-4-6-14(19)7-12/h4-7,10,15,17H,8-9H2,1-3H3,(H,20,25)/t15-,17+/m1/s1. The van der Waals surface area contributed by atoms with Crippen molar-refractivity contribution in [1.29, 1.82) is 0 Å². The number of hydrogen-bond donors (Lipinski definition) is 1. The van der Waals surface area contributed by atoms with Crippen LogP contribution in [0.15, 0.2) is 30.5 Å². The Labute approximate surface area is 145 Å². The molecule has 0 spiro atoms. The third kappa shape index (κ3) is 3.26. The molecular weight excluding hydrogens is 323 g/mol. The fourth-order valence-electron chi connectivity index (χ4n) is 3.28. The van der Waals surface area contributed by atoms with E-state index in [1.807, 2.05) is 14.0 Å². The van der Waals surface area contributed by atoms with Gasteiger partial charge in [0.15, 0.2) is 0 Å². The maximum atomic E-state index is 13.6. The summed E-state index contributed by atoms with van der Waals surface area (Å²) in [5.41, 5.74) is 2.53. The molecule has 25 heavy (non-hydrogen) atoms. The summed E-state index contributed by atoms with van der Waals surface area (Å²) in [6.45, 7) is 2.28. The van der Waals surface area contributed by atoms with E-state index in [2.05, 4.69) is 10.4 Å². The van der Waals surface area contributed by atoms with Crippen LogP contribution in [0.25, 0.3) is 0 Å². The van der Waals surface area contributed by atoms with Crippen LogP contribution < -0.4 is 5.32 Å². The lowest BCUT2D eigenvalue weighted by molar-refractivity contribution is -0.128. The van der Waals surface area contributed by atoms with E-state index in [0.717, 1.165) is 11.3 Å². The zero-order chi connectivity index (χ0) is 18.1. The summed E-state index contributed by atoms with van der Waals surface area (Å²) in [6.07, 6.45) is 1.83. The van der Waals surface area contributed by atoms with Crippen LogP contribution in [0, 0.1) is 18.7 Å². The van der Waals surface area contributed by atoms with Crippen LogP contribution in [0.4, 0.5) is 4.39 Å². The van der Waals surface area contributed by atoms with Crippen molar-refractivity contribution in [2.24, 2.45) is 13.0 Å². The Morgan fingerprint density at radius 1 is 1.40 bits per heavy atom. The van der Waals surface area contributed by atoms with E-state index < -0.39 is 12.0 Å². The van der Waals surface area contributed by atoms with Crippen molar-refractivity contribution in [1.82, 2.24) is 20.0 Å². The maximum Gasteiger partial charge on any atom is 0.226 e. The Balaban J connectivity index is 1.77. The van der Waals surface area contributed by atoms with E-state index in [9.17, 15) is 14.0 Å². The lowest BCUT2D eigenvalue weighted by Crippen LogP contribution is -2.34. The molecule has 1 N–H and O–H groups in total. The molecule has 2 heterocycles. The molecule has 0 saturated carbocycles. The number of carbonyl (C=O) groups excluding carboxylic acids is 2. The van der Waals surface area contributed by atoms with Gasteiger partial charge in [-0.25, -0.2) is 4.39 Å². The minimum Gasteiger partial charge on any atom is -0.352 e. The summed E-state index contributed by atoms with van der Waals surface area (Å²) in [5.74, 6) is -1.26. The summed E-state index contributed by atoms with van der Waals surface area (Å²) in [5, 5.41) is 7.03. The molecule has 7 heteroatoms. The van der Waals surface area contributed by atoms with Gasteiger partial charge in [0.25, 0.3) is 0 Å². The van der Waals surface area contributed by atoms with Gasteiger partial charge in [-0.1, -0.05) is 12.1 Å². The highest BCUT2D eigenvalue weighted by Crippen LogP contribution is 2.37. The van der Waals surface area contributed by atoms with E-state index in [0.29, 0.717) is 12.1 Å². The molecule has 2 amide bonds. The molecular formula is C18H21FN4O2. The number of nitrogens with one attached hydrogen (secondary N) is 1. The number of aromatic nitrogens is 2. The fraction of sp³-hybridized carbons (Fsp3) is 0.389. The van der Waals surface area contributed by atoms with E-state index in [4.69, 9.17) is 0 Å². The van der Waals surface area contributed by atoms with Gasteiger partial charge in [0, 0.05) is 38.3 Å². The molecule has 6 nitrogen and oxygen atoms in total. The highest BCUT2D eigenvalue weighted by Gasteiger charge is 2.42. The number of aryl methyl sites for hydroxylation is 1. The molecule has 2 aromatic rings. The van der Waals surface area contributed by atoms with Crippen LogP contribution in [-0.2, 0) is 23.2 Å². The van der Waals surface area contributed by atoms with E-state index >= 15 is 0 Å². The predicted octanol–water partition coefficient (Wildman–Crippen LogP) is 1.70. The molecule has 1 aromatic carbocycles. The van der Waals surface area contributed by atoms with Gasteiger partial charge in [-0.2, -0.15) is 5.10 Å². The van der Waals surface area contributed by atoms with Crippen molar-refractivity contribution in [3.8, 4) is 0 Å². The summed E-state index contributed by atoms with van der Waals surface area (Å²) in [7, 11) is 3.49. The van der Waals surface area contributed by atoms with Gasteiger partial charge < -0.3 is 10.2 Å². The van der Waals surface area contributed by atoms with Gasteiger partial charge >= 0.3 is 0 Å². The van der Waals surface area contributed by atoms with E-state index in [-0.39, 0.29) is 24.1 Å². The average molecular weight is 344 g/mol. The first-order valence-electron chi connectivity index (χ1n) is 8.14. The molecule has 0 aliphatic carbocycles. The van der Waals surface area contributed by atoms with Gasteiger partial charge in [-0.15, -0.1) is 0 Å². The highest BCUT2D eigenvalue weighted by molar-refractivity contribution is 5.90. The second-order valence-electron chi connectivity index (χ2n) is 6.41. The number of halogens is 1. The van der Waals surface area contributed by atoms with Crippen LogP contribution in [-0.4, -0.2) is 33.5 Å². The van der Waals surface area contributed by atoms with Crippen LogP contribution in [0.1, 0.15) is 29.3 Å². The Kier molecular flexibility index (Phi) is 4.57. The molecule has 0 radical (unpaired) electrons. The molecule has 1 aliphatic rings. The number of benzene rings is 1. The number of amides is 2. The number of likely N-dealkylation sites (tertiary alicyclic amines) is 1. The van der Waals surface area contributed by atoms with Crippen LogP contribution in [0.5, 0.6) is 0 Å². The second kappa shape index (κ2) is 6.66. The lowest BCUT2D eigenvalue weighted by atomic mass is 9.92. The van der Waals surface area contributed by atoms with Gasteiger partial charge in [-0.05, 0) is 24.6 Å². The first-order valence-corrected chi connectivity index (χ1v) is 8.14. The van der Waals surface area contributed by atoms with Crippen molar-refractivity contribution in [2.45, 2.75) is 25.9 Å². The quantitative estimate of drug-likeness (QED) is 0.918. The van der Waals surface area contributed by atoms with E-state index in [1.54, 1.807) is 30.1 Å². The van der Waals surface area contributed by atoms with Crippen molar-refractivity contribution in [2.75, 3.05) is 7.05 Å². The normalized spacial score (nSPS) is 20.2. The minimum atomic E-state index is -0.545. The molecule has 0 unspecified atom stereocenters. The zero-order valence-corrected chi connectivity index (χ0v) is 14.5. The Morgan fingerprint density at radius 2 is 2.16 bits per heavy atom. The summed E-state index contributed by atoms with van der Waals surface area (Å²) < 4.78 is 15.3. The lowest BCUT2D eigenvalue weighted by Gasteiger charge is -2.25. The van der Waals surface area contributed by atoms with Gasteiger partial charge in [0.1, 0.15) is 5.82 Å². The van der Waals surface area contributed by atoms with Gasteiger partial charge in [0.2, 0.25) is 11.8 Å². The van der Waals surface area contributed by atoms with Crippen molar-refractivity contribution >= 4 is 11.8 Å². The molecule has 2 atom stereocenters. The molecule has 1 aliphatic heterocycles. The number of carbonyl (C=O) groups is 2. The van der Waals surface area contributed by atoms with Gasteiger partial charge in [-0.3, -0.25) is 14.3 Å². The topological polar surface area (TPSA) is 67.2 Å². The minimum absolute atomic E-state index is 0.119. The molecule has 1 aromatic heterocycles. The second-order valence-corrected chi connectivity index (χ2v) is 6.41. The van der Waals surface area contributed by atoms with Gasteiger partial charge in [0.05, 0.1) is 18.2 Å². The first kappa shape index (κ1) is 17.1. The highest BCUT2D eigenvalue weighted by atomic mass is 19.1. The number of nitrogens with zero attached hydrogens (tertiary/aromatic N) is 3. The van der Waals surface area contributed by atoms with Crippen molar-refractivity contribution in [3.05, 3.63) is 53.1 Å². The largest absolute Gasteiger partial charge is 0.352 e. The molecule has 1 fully saturated rings. The number of hydrogen-bond acceptors (Lipinski definition) is 3.